The number of ether oxygens (including phenoxy) is 1. The van der Waals surface area contributed by atoms with Crippen molar-refractivity contribution in [2.24, 2.45) is 0 Å². The van der Waals surface area contributed by atoms with Crippen LogP contribution in [0.4, 0.5) is 5.82 Å². The minimum Gasteiger partial charge on any atom is -0.481 e. The molecule has 2 aromatic heterocycles. The first kappa shape index (κ1) is 16.7. The van der Waals surface area contributed by atoms with Gasteiger partial charge in [0.15, 0.2) is 0 Å². The predicted molar refractivity (Wildman–Crippen MR) is 99.7 cm³/mol. The average molecular weight is 404 g/mol. The number of anilines is 1. The first-order valence-electron chi connectivity index (χ1n) is 8.70. The lowest BCUT2D eigenvalue weighted by molar-refractivity contribution is 0.320. The quantitative estimate of drug-likeness (QED) is 0.738. The van der Waals surface area contributed by atoms with E-state index in [-0.39, 0.29) is 0 Å². The van der Waals surface area contributed by atoms with Crippen LogP contribution in [0.1, 0.15) is 25.0 Å². The molecule has 1 unspecified atom stereocenters. The Kier molecular flexibility index (Phi) is 4.85. The van der Waals surface area contributed by atoms with Crippen LogP contribution in [0.25, 0.3) is 0 Å². The molecular weight excluding hydrogens is 382 g/mol. The number of pyridine rings is 1. The zero-order chi connectivity index (χ0) is 17.2. The van der Waals surface area contributed by atoms with Crippen LogP contribution >= 0.6 is 15.9 Å². The maximum Gasteiger partial charge on any atom is 0.218 e. The molecule has 1 aliphatic carbocycles. The maximum absolute atomic E-state index is 5.28. The molecule has 0 spiro atoms. The van der Waals surface area contributed by atoms with E-state index in [4.69, 9.17) is 4.74 Å². The van der Waals surface area contributed by atoms with Crippen LogP contribution in [0.15, 0.2) is 35.2 Å². The van der Waals surface area contributed by atoms with Crippen LogP contribution in [0.2, 0.25) is 0 Å². The monoisotopic (exact) mass is 403 g/mol. The second-order valence-corrected chi connectivity index (χ2v) is 7.62. The number of likely N-dealkylation sites (tertiary alicyclic amines) is 1. The second-order valence-electron chi connectivity index (χ2n) is 6.70. The Morgan fingerprint density at radius 1 is 1.20 bits per heavy atom. The van der Waals surface area contributed by atoms with Gasteiger partial charge >= 0.3 is 0 Å². The largest absolute Gasteiger partial charge is 0.481 e. The third-order valence-electron chi connectivity index (χ3n) is 4.86. The second kappa shape index (κ2) is 7.25. The van der Waals surface area contributed by atoms with E-state index in [0.717, 1.165) is 42.0 Å². The molecule has 6 nitrogen and oxygen atoms in total. The zero-order valence-corrected chi connectivity index (χ0v) is 15.9. The van der Waals surface area contributed by atoms with Gasteiger partial charge in [0, 0.05) is 48.5 Å². The topological polar surface area (TPSA) is 54.4 Å². The van der Waals surface area contributed by atoms with E-state index in [1.165, 1.54) is 12.8 Å². The number of aromatic nitrogens is 3. The summed E-state index contributed by atoms with van der Waals surface area (Å²) in [4.78, 5) is 18.1. The van der Waals surface area contributed by atoms with Gasteiger partial charge < -0.3 is 9.64 Å². The van der Waals surface area contributed by atoms with Crippen LogP contribution in [0.5, 0.6) is 5.88 Å². The molecule has 0 amide bonds. The molecule has 2 aromatic rings. The molecule has 132 valence electrons. The molecule has 1 saturated heterocycles. The van der Waals surface area contributed by atoms with Crippen molar-refractivity contribution in [2.45, 2.75) is 37.9 Å². The third-order valence-corrected chi connectivity index (χ3v) is 5.33. The highest BCUT2D eigenvalue weighted by atomic mass is 79.9. The molecule has 4 rings (SSSR count). The number of nitrogens with zero attached hydrogens (tertiary/aromatic N) is 5. The van der Waals surface area contributed by atoms with Crippen molar-refractivity contribution in [1.29, 1.82) is 0 Å². The minimum absolute atomic E-state index is 0.488. The van der Waals surface area contributed by atoms with E-state index in [2.05, 4.69) is 52.8 Å². The Bertz CT molecular complexity index is 722. The lowest BCUT2D eigenvalue weighted by Gasteiger charge is -2.30. The fourth-order valence-electron chi connectivity index (χ4n) is 3.52. The molecule has 1 atom stereocenters. The summed E-state index contributed by atoms with van der Waals surface area (Å²) >= 11 is 3.44. The van der Waals surface area contributed by atoms with E-state index in [1.54, 1.807) is 13.4 Å². The predicted octanol–water partition coefficient (Wildman–Crippen LogP) is 2.89. The van der Waals surface area contributed by atoms with Crippen LogP contribution in [-0.2, 0) is 6.54 Å². The molecule has 0 radical (unpaired) electrons. The highest BCUT2D eigenvalue weighted by molar-refractivity contribution is 9.10. The first-order chi connectivity index (χ1) is 12.2. The summed E-state index contributed by atoms with van der Waals surface area (Å²) in [7, 11) is 1.65. The van der Waals surface area contributed by atoms with Gasteiger partial charge in [-0.15, -0.1) is 0 Å². The molecule has 1 aliphatic heterocycles. The molecule has 2 aliphatic rings. The minimum atomic E-state index is 0.488. The summed E-state index contributed by atoms with van der Waals surface area (Å²) in [5.41, 5.74) is 1.12. The summed E-state index contributed by atoms with van der Waals surface area (Å²) in [6.07, 6.45) is 7.11. The SMILES string of the molecule is COc1cc(N(C2CC2)C2CCN(Cc3ccc(Br)cn3)C2)ncn1. The third kappa shape index (κ3) is 3.93. The highest BCUT2D eigenvalue weighted by Gasteiger charge is 2.38. The van der Waals surface area contributed by atoms with Crippen LogP contribution in [-0.4, -0.2) is 52.1 Å². The van der Waals surface area contributed by atoms with Crippen LogP contribution in [0.3, 0.4) is 0 Å². The normalized spacial score (nSPS) is 20.6. The number of halogens is 1. The van der Waals surface area contributed by atoms with Crippen molar-refractivity contribution in [3.05, 3.63) is 40.9 Å². The van der Waals surface area contributed by atoms with Gasteiger partial charge in [0.25, 0.3) is 0 Å². The Morgan fingerprint density at radius 2 is 2.08 bits per heavy atom. The van der Waals surface area contributed by atoms with Crippen LogP contribution in [0, 0.1) is 0 Å². The summed E-state index contributed by atoms with van der Waals surface area (Å²) < 4.78 is 6.30. The standard InChI is InChI=1S/C18H22BrN5O/c1-25-18-8-17(21-12-22-18)24(15-4-5-15)16-6-7-23(11-16)10-14-3-2-13(19)9-20-14/h2-3,8-9,12,15-16H,4-7,10-11H2,1H3. The smallest absolute Gasteiger partial charge is 0.218 e. The zero-order valence-electron chi connectivity index (χ0n) is 14.3. The Morgan fingerprint density at radius 3 is 2.80 bits per heavy atom. The van der Waals surface area contributed by atoms with Crippen molar-refractivity contribution >= 4 is 21.7 Å². The summed E-state index contributed by atoms with van der Waals surface area (Å²) in [6, 6.07) is 7.19. The Hall–Kier alpha value is -1.73. The van der Waals surface area contributed by atoms with Gasteiger partial charge in [-0.3, -0.25) is 9.88 Å². The van der Waals surface area contributed by atoms with Gasteiger partial charge in [-0.1, -0.05) is 0 Å². The Balaban J connectivity index is 1.45. The van der Waals surface area contributed by atoms with E-state index in [9.17, 15) is 0 Å². The molecule has 0 aromatic carbocycles. The number of hydrogen-bond acceptors (Lipinski definition) is 6. The van der Waals surface area contributed by atoms with Crippen molar-refractivity contribution in [2.75, 3.05) is 25.1 Å². The number of hydrogen-bond donors (Lipinski definition) is 0. The maximum atomic E-state index is 5.28. The van der Waals surface area contributed by atoms with Gasteiger partial charge in [-0.05, 0) is 47.3 Å². The van der Waals surface area contributed by atoms with Crippen molar-refractivity contribution in [1.82, 2.24) is 19.9 Å². The number of rotatable bonds is 6. The lowest BCUT2D eigenvalue weighted by Crippen LogP contribution is -2.40. The molecule has 0 bridgehead atoms. The van der Waals surface area contributed by atoms with Crippen LogP contribution < -0.4 is 9.64 Å². The first-order valence-corrected chi connectivity index (χ1v) is 9.49. The molecule has 25 heavy (non-hydrogen) atoms. The summed E-state index contributed by atoms with van der Waals surface area (Å²) in [6.45, 7) is 3.03. The molecule has 3 heterocycles. The van der Waals surface area contributed by atoms with E-state index in [1.807, 2.05) is 12.3 Å². The molecular formula is C18H22BrN5O. The van der Waals surface area contributed by atoms with E-state index < -0.39 is 0 Å². The average Bonchev–Trinajstić information content (AvgIpc) is 3.36. The van der Waals surface area contributed by atoms with E-state index >= 15 is 0 Å². The lowest BCUT2D eigenvalue weighted by atomic mass is 10.2. The van der Waals surface area contributed by atoms with Gasteiger partial charge in [-0.2, -0.15) is 0 Å². The molecule has 0 N–H and O–H groups in total. The van der Waals surface area contributed by atoms with E-state index in [0.29, 0.717) is 18.0 Å². The van der Waals surface area contributed by atoms with Crippen molar-refractivity contribution in [3.63, 3.8) is 0 Å². The fourth-order valence-corrected chi connectivity index (χ4v) is 3.75. The fraction of sp³-hybridized carbons (Fsp3) is 0.500. The van der Waals surface area contributed by atoms with Crippen molar-refractivity contribution < 1.29 is 4.74 Å². The molecule has 7 heteroatoms. The summed E-state index contributed by atoms with van der Waals surface area (Å²) in [5, 5.41) is 0. The van der Waals surface area contributed by atoms with Gasteiger partial charge in [0.2, 0.25) is 5.88 Å². The van der Waals surface area contributed by atoms with Gasteiger partial charge in [-0.25, -0.2) is 9.97 Å². The molecule has 1 saturated carbocycles. The van der Waals surface area contributed by atoms with Gasteiger partial charge in [0.05, 0.1) is 12.8 Å². The molecule has 2 fully saturated rings. The number of methoxy groups -OCH3 is 1. The highest BCUT2D eigenvalue weighted by Crippen LogP contribution is 2.35. The van der Waals surface area contributed by atoms with Crippen molar-refractivity contribution in [3.8, 4) is 5.88 Å². The Labute approximate surface area is 156 Å². The van der Waals surface area contributed by atoms with Gasteiger partial charge in [0.1, 0.15) is 12.1 Å². The summed E-state index contributed by atoms with van der Waals surface area (Å²) in [5.74, 6) is 1.62.